The maximum Gasteiger partial charge on any atom is 0.408 e. The monoisotopic (exact) mass is 405 g/mol. The van der Waals surface area contributed by atoms with Crippen molar-refractivity contribution in [2.75, 3.05) is 12.8 Å². The smallest absolute Gasteiger partial charge is 0.408 e. The number of hydrogen-bond donors (Lipinski definition) is 2. The molecule has 0 aliphatic rings. The van der Waals surface area contributed by atoms with Crippen LogP contribution < -0.4 is 11.1 Å². The van der Waals surface area contributed by atoms with Crippen LogP contribution in [0.1, 0.15) is 11.1 Å². The molecular weight excluding hydrogens is 382 g/mol. The zero-order chi connectivity index (χ0) is 21.3. The summed E-state index contributed by atoms with van der Waals surface area (Å²) in [6, 6.07) is 19.8. The van der Waals surface area contributed by atoms with Gasteiger partial charge in [-0.3, -0.25) is 0 Å². The number of ether oxygens (including phenoxy) is 2. The summed E-state index contributed by atoms with van der Waals surface area (Å²) >= 11 is 0. The van der Waals surface area contributed by atoms with E-state index in [4.69, 9.17) is 15.2 Å². The van der Waals surface area contributed by atoms with Gasteiger partial charge in [-0.25, -0.2) is 14.6 Å². The fourth-order valence-corrected chi connectivity index (χ4v) is 2.94. The van der Waals surface area contributed by atoms with Crippen molar-refractivity contribution in [1.29, 1.82) is 0 Å². The number of esters is 1. The van der Waals surface area contributed by atoms with Gasteiger partial charge < -0.3 is 20.5 Å². The molecule has 1 amide bonds. The lowest BCUT2D eigenvalue weighted by Gasteiger charge is -2.18. The molecule has 0 radical (unpaired) electrons. The summed E-state index contributed by atoms with van der Waals surface area (Å²) in [7, 11) is 1.26. The molecule has 1 aromatic heterocycles. The van der Waals surface area contributed by atoms with E-state index in [0.717, 1.165) is 16.7 Å². The molecule has 3 N–H and O–H groups in total. The number of pyridine rings is 1. The Labute approximate surface area is 174 Å². The quantitative estimate of drug-likeness (QED) is 0.585. The summed E-state index contributed by atoms with van der Waals surface area (Å²) in [5.74, 6) is -0.320. The Morgan fingerprint density at radius 3 is 2.37 bits per heavy atom. The van der Waals surface area contributed by atoms with Gasteiger partial charge in [0.05, 0.1) is 7.11 Å². The summed E-state index contributed by atoms with van der Waals surface area (Å²) in [6.07, 6.45) is 1.06. The lowest BCUT2D eigenvalue weighted by Crippen LogP contribution is -2.43. The maximum absolute atomic E-state index is 12.2. The number of nitrogens with zero attached hydrogens (tertiary/aromatic N) is 1. The van der Waals surface area contributed by atoms with Gasteiger partial charge in [0.15, 0.2) is 0 Å². The van der Waals surface area contributed by atoms with Crippen molar-refractivity contribution in [2.45, 2.75) is 19.1 Å². The molecule has 1 heterocycles. The van der Waals surface area contributed by atoms with Crippen LogP contribution in [0.25, 0.3) is 11.1 Å². The average Bonchev–Trinajstić information content (AvgIpc) is 2.79. The highest BCUT2D eigenvalue weighted by Gasteiger charge is 2.24. The molecule has 0 saturated carbocycles. The Hall–Kier alpha value is -3.87. The van der Waals surface area contributed by atoms with Crippen molar-refractivity contribution in [3.05, 3.63) is 84.1 Å². The first kappa shape index (κ1) is 20.9. The lowest BCUT2D eigenvalue weighted by molar-refractivity contribution is -0.143. The number of anilines is 1. The molecule has 0 bridgehead atoms. The number of nitrogen functional groups attached to an aromatic ring is 1. The predicted molar refractivity (Wildman–Crippen MR) is 113 cm³/mol. The Balaban J connectivity index is 1.71. The van der Waals surface area contributed by atoms with Crippen LogP contribution in [0.5, 0.6) is 0 Å². The lowest BCUT2D eigenvalue weighted by atomic mass is 10.0. The van der Waals surface area contributed by atoms with E-state index in [1.54, 1.807) is 6.20 Å². The zero-order valence-electron chi connectivity index (χ0n) is 16.6. The number of rotatable bonds is 7. The van der Waals surface area contributed by atoms with Crippen LogP contribution in [0, 0.1) is 0 Å². The number of aromatic nitrogens is 1. The zero-order valence-corrected chi connectivity index (χ0v) is 16.6. The summed E-state index contributed by atoms with van der Waals surface area (Å²) in [5.41, 5.74) is 9.30. The molecule has 0 spiro atoms. The van der Waals surface area contributed by atoms with E-state index in [1.165, 1.54) is 7.11 Å². The second-order valence-electron chi connectivity index (χ2n) is 6.62. The largest absolute Gasteiger partial charge is 0.467 e. The third kappa shape index (κ3) is 5.57. The van der Waals surface area contributed by atoms with Crippen molar-refractivity contribution < 1.29 is 19.1 Å². The molecular formula is C23H23N3O4. The minimum absolute atomic E-state index is 0.0910. The van der Waals surface area contributed by atoms with Crippen molar-refractivity contribution in [2.24, 2.45) is 0 Å². The van der Waals surface area contributed by atoms with E-state index < -0.39 is 18.1 Å². The molecule has 3 aromatic rings. The molecule has 3 rings (SSSR count). The van der Waals surface area contributed by atoms with Gasteiger partial charge in [-0.05, 0) is 22.8 Å². The molecule has 2 aromatic carbocycles. The molecule has 0 aliphatic carbocycles. The number of methoxy groups -OCH3 is 1. The number of nitrogens with one attached hydrogen (secondary N) is 1. The first-order valence-electron chi connectivity index (χ1n) is 9.41. The summed E-state index contributed by atoms with van der Waals surface area (Å²) in [5, 5.41) is 2.55. The van der Waals surface area contributed by atoms with Crippen molar-refractivity contribution in [1.82, 2.24) is 10.3 Å². The van der Waals surface area contributed by atoms with Gasteiger partial charge in [0.1, 0.15) is 18.5 Å². The molecule has 7 heteroatoms. The fraction of sp³-hybridized carbons (Fsp3) is 0.174. The highest BCUT2D eigenvalue weighted by atomic mass is 16.6. The number of benzene rings is 2. The number of hydrogen-bond acceptors (Lipinski definition) is 6. The van der Waals surface area contributed by atoms with Gasteiger partial charge in [0.2, 0.25) is 0 Å². The number of carbonyl (C=O) groups excluding carboxylic acids is 2. The average molecular weight is 405 g/mol. The third-order valence-electron chi connectivity index (χ3n) is 4.52. The van der Waals surface area contributed by atoms with Crippen molar-refractivity contribution in [3.8, 4) is 11.1 Å². The molecule has 30 heavy (non-hydrogen) atoms. The van der Waals surface area contributed by atoms with E-state index in [9.17, 15) is 9.59 Å². The van der Waals surface area contributed by atoms with Gasteiger partial charge >= 0.3 is 12.1 Å². The van der Waals surface area contributed by atoms with Crippen LogP contribution in [0.2, 0.25) is 0 Å². The van der Waals surface area contributed by atoms with Crippen LogP contribution in [-0.2, 0) is 27.3 Å². The highest BCUT2D eigenvalue weighted by molar-refractivity contribution is 5.82. The van der Waals surface area contributed by atoms with Gasteiger partial charge in [-0.1, -0.05) is 60.7 Å². The summed E-state index contributed by atoms with van der Waals surface area (Å²) < 4.78 is 10.0. The SMILES string of the molecule is COC(=O)C(Cc1cc(-c2ccccc2)cnc1N)NC(=O)OCc1ccccc1. The van der Waals surface area contributed by atoms with E-state index in [-0.39, 0.29) is 18.8 Å². The Bertz CT molecular complexity index is 994. The fourth-order valence-electron chi connectivity index (χ4n) is 2.94. The Morgan fingerprint density at radius 2 is 1.70 bits per heavy atom. The van der Waals surface area contributed by atoms with E-state index in [0.29, 0.717) is 5.56 Å². The molecule has 1 unspecified atom stereocenters. The van der Waals surface area contributed by atoms with Crippen LogP contribution in [0.4, 0.5) is 10.6 Å². The molecule has 0 fully saturated rings. The topological polar surface area (TPSA) is 104 Å². The summed E-state index contributed by atoms with van der Waals surface area (Å²) in [6.45, 7) is 0.0910. The standard InChI is InChI=1S/C23H23N3O4/c1-29-22(27)20(26-23(28)30-15-16-8-4-2-5-9-16)13-18-12-19(14-25-21(18)24)17-10-6-3-7-11-17/h2-12,14,20H,13,15H2,1H3,(H2,24,25)(H,26,28). The number of amides is 1. The maximum atomic E-state index is 12.2. The predicted octanol–water partition coefficient (Wildman–Crippen LogP) is 3.34. The van der Waals surface area contributed by atoms with Gasteiger partial charge in [-0.2, -0.15) is 0 Å². The number of carbonyl (C=O) groups is 2. The Morgan fingerprint density at radius 1 is 1.03 bits per heavy atom. The summed E-state index contributed by atoms with van der Waals surface area (Å²) in [4.78, 5) is 28.7. The van der Waals surface area contributed by atoms with E-state index in [1.807, 2.05) is 66.7 Å². The number of nitrogens with two attached hydrogens (primary N) is 1. The van der Waals surface area contributed by atoms with Crippen molar-refractivity contribution >= 4 is 17.9 Å². The third-order valence-corrected chi connectivity index (χ3v) is 4.52. The second-order valence-corrected chi connectivity index (χ2v) is 6.62. The first-order chi connectivity index (χ1) is 14.6. The molecule has 1 atom stereocenters. The molecule has 0 aliphatic heterocycles. The molecule has 0 saturated heterocycles. The van der Waals surface area contributed by atoms with Crippen molar-refractivity contribution in [3.63, 3.8) is 0 Å². The Kier molecular flexibility index (Phi) is 7.00. The van der Waals surface area contributed by atoms with E-state index in [2.05, 4.69) is 10.3 Å². The first-order valence-corrected chi connectivity index (χ1v) is 9.41. The molecule has 154 valence electrons. The van der Waals surface area contributed by atoms with Gasteiger partial charge in [-0.15, -0.1) is 0 Å². The van der Waals surface area contributed by atoms with Crippen LogP contribution >= 0.6 is 0 Å². The minimum Gasteiger partial charge on any atom is -0.467 e. The van der Waals surface area contributed by atoms with Gasteiger partial charge in [0.25, 0.3) is 0 Å². The minimum atomic E-state index is -0.964. The van der Waals surface area contributed by atoms with E-state index >= 15 is 0 Å². The number of alkyl carbamates (subject to hydrolysis) is 1. The second kappa shape index (κ2) is 10.1. The normalized spacial score (nSPS) is 11.4. The van der Waals surface area contributed by atoms with Crippen LogP contribution in [0.3, 0.4) is 0 Å². The van der Waals surface area contributed by atoms with Gasteiger partial charge in [0, 0.05) is 18.2 Å². The highest BCUT2D eigenvalue weighted by Crippen LogP contribution is 2.23. The van der Waals surface area contributed by atoms with Crippen LogP contribution in [-0.4, -0.2) is 30.2 Å². The molecule has 7 nitrogen and oxygen atoms in total. The van der Waals surface area contributed by atoms with Crippen LogP contribution in [0.15, 0.2) is 72.9 Å².